The van der Waals surface area contributed by atoms with Crippen molar-refractivity contribution >= 4 is 22.6 Å². The summed E-state index contributed by atoms with van der Waals surface area (Å²) in [6.45, 7) is 5.18. The Morgan fingerprint density at radius 1 is 1.17 bits per heavy atom. The Bertz CT molecular complexity index is 1810. The molecule has 0 spiro atoms. The van der Waals surface area contributed by atoms with Gasteiger partial charge in [-0.25, -0.2) is 13.2 Å². The Kier molecular flexibility index (Phi) is 6.98. The van der Waals surface area contributed by atoms with Crippen molar-refractivity contribution in [2.45, 2.75) is 62.2 Å². The molecular formula is C35H35F3N6O2. The van der Waals surface area contributed by atoms with E-state index in [2.05, 4.69) is 23.6 Å². The number of nitriles is 1. The number of aromatic nitrogens is 2. The summed E-state index contributed by atoms with van der Waals surface area (Å²) < 4.78 is 50.8. The Morgan fingerprint density at radius 3 is 2.87 bits per heavy atom. The van der Waals surface area contributed by atoms with Crippen LogP contribution >= 0.6 is 0 Å². The Hall–Kier alpha value is -4.17. The Morgan fingerprint density at radius 2 is 2.04 bits per heavy atom. The summed E-state index contributed by atoms with van der Waals surface area (Å²) in [7, 11) is 0. The van der Waals surface area contributed by atoms with E-state index in [1.54, 1.807) is 6.07 Å². The number of amides is 1. The maximum atomic E-state index is 16.2. The molecule has 2 aliphatic carbocycles. The lowest BCUT2D eigenvalue weighted by molar-refractivity contribution is -0.131. The van der Waals surface area contributed by atoms with Gasteiger partial charge in [0.15, 0.2) is 5.83 Å². The molecule has 0 unspecified atom stereocenters. The largest absolute Gasteiger partial charge is 0.461 e. The van der Waals surface area contributed by atoms with E-state index in [-0.39, 0.29) is 44.5 Å². The second-order valence-electron chi connectivity index (χ2n) is 13.6. The van der Waals surface area contributed by atoms with E-state index in [0.717, 1.165) is 37.8 Å². The number of fused-ring (bicyclic) bond motifs is 5. The van der Waals surface area contributed by atoms with Gasteiger partial charge in [-0.2, -0.15) is 15.2 Å². The molecule has 3 aromatic rings. The molecule has 0 N–H and O–H groups in total. The van der Waals surface area contributed by atoms with Crippen LogP contribution in [0.4, 0.5) is 19.0 Å². The fourth-order valence-electron chi connectivity index (χ4n) is 8.60. The average Bonchev–Trinajstić information content (AvgIpc) is 3.36. The first-order valence-corrected chi connectivity index (χ1v) is 16.2. The first-order chi connectivity index (χ1) is 22.2. The van der Waals surface area contributed by atoms with Crippen LogP contribution in [0.2, 0.25) is 0 Å². The van der Waals surface area contributed by atoms with Gasteiger partial charge in [0.2, 0.25) is 0 Å². The zero-order valence-corrected chi connectivity index (χ0v) is 25.5. The molecule has 5 atom stereocenters. The number of halogens is 3. The van der Waals surface area contributed by atoms with Crippen molar-refractivity contribution < 1.29 is 22.7 Å². The second-order valence-corrected chi connectivity index (χ2v) is 13.6. The fourth-order valence-corrected chi connectivity index (χ4v) is 8.60. The van der Waals surface area contributed by atoms with E-state index < -0.39 is 29.5 Å². The van der Waals surface area contributed by atoms with Crippen LogP contribution in [0.25, 0.3) is 22.0 Å². The molecule has 1 amide bonds. The van der Waals surface area contributed by atoms with E-state index in [9.17, 15) is 18.8 Å². The molecule has 4 heterocycles. The van der Waals surface area contributed by atoms with Gasteiger partial charge < -0.3 is 14.5 Å². The summed E-state index contributed by atoms with van der Waals surface area (Å²) in [6.07, 6.45) is 3.44. The standard InChI is InChI=1S/C35H35F3N6O2/c1-20(36)33(45)44-11-10-42(18-24(44)6-8-39)32-28-14-29(38)27(25-5-2-4-21-12-22-13-26(22)31(21)25)15-30(28)40-34(41-32)46-19-35-7-3-9-43(35)17-23(37)16-35/h2,4-5,14-15,22-24,26H,1,3,6-7,9-13,16-19H2/t22-,23-,24+,26+,35+/m1/s1. The minimum absolute atomic E-state index is 0.0234. The first kappa shape index (κ1) is 29.2. The number of anilines is 1. The van der Waals surface area contributed by atoms with Gasteiger partial charge in [-0.15, -0.1) is 0 Å². The monoisotopic (exact) mass is 628 g/mol. The number of carbonyl (C=O) groups excluding carboxylic acids is 1. The van der Waals surface area contributed by atoms with E-state index in [1.165, 1.54) is 22.1 Å². The third kappa shape index (κ3) is 4.80. The number of alkyl halides is 1. The van der Waals surface area contributed by atoms with Crippen molar-refractivity contribution in [3.05, 3.63) is 59.7 Å². The highest BCUT2D eigenvalue weighted by atomic mass is 19.1. The second kappa shape index (κ2) is 11.0. The van der Waals surface area contributed by atoms with Crippen LogP contribution in [0.3, 0.4) is 0 Å². The number of nitrogens with zero attached hydrogens (tertiary/aromatic N) is 6. The molecular weight excluding hydrogens is 593 g/mol. The van der Waals surface area contributed by atoms with Crippen molar-refractivity contribution in [3.63, 3.8) is 0 Å². The quantitative estimate of drug-likeness (QED) is 0.321. The van der Waals surface area contributed by atoms with E-state index >= 15 is 4.39 Å². The molecule has 238 valence electrons. The van der Waals surface area contributed by atoms with Crippen LogP contribution < -0.4 is 9.64 Å². The number of carbonyl (C=O) groups is 1. The minimum Gasteiger partial charge on any atom is -0.461 e. The maximum absolute atomic E-state index is 16.2. The molecule has 1 saturated carbocycles. The van der Waals surface area contributed by atoms with Crippen LogP contribution in [-0.2, 0) is 11.2 Å². The van der Waals surface area contributed by atoms with Gasteiger partial charge in [-0.3, -0.25) is 9.69 Å². The molecule has 8 rings (SSSR count). The number of piperazine rings is 1. The van der Waals surface area contributed by atoms with Crippen molar-refractivity contribution in [1.29, 1.82) is 5.26 Å². The number of hydrogen-bond acceptors (Lipinski definition) is 7. The SMILES string of the molecule is C=C(F)C(=O)N1CCN(c2nc(OC[C@@]34CCCN3C[C@H](F)C4)nc3cc(-c4cccc5c4[C@H]4C[C@H]4C5)c(F)cc23)C[C@@H]1CC#N. The van der Waals surface area contributed by atoms with E-state index in [4.69, 9.17) is 14.7 Å². The highest BCUT2D eigenvalue weighted by Gasteiger charge is 2.50. The summed E-state index contributed by atoms with van der Waals surface area (Å²) in [6, 6.07) is 10.9. The summed E-state index contributed by atoms with van der Waals surface area (Å²) in [5, 5.41) is 9.98. The first-order valence-electron chi connectivity index (χ1n) is 16.2. The third-order valence-corrected chi connectivity index (χ3v) is 10.8. The molecule has 3 aliphatic heterocycles. The smallest absolute Gasteiger partial charge is 0.319 e. The zero-order chi connectivity index (χ0) is 31.7. The van der Waals surface area contributed by atoms with Crippen LogP contribution in [0.5, 0.6) is 6.01 Å². The summed E-state index contributed by atoms with van der Waals surface area (Å²) in [5.41, 5.74) is 3.97. The predicted molar refractivity (Wildman–Crippen MR) is 166 cm³/mol. The number of benzene rings is 2. The molecule has 46 heavy (non-hydrogen) atoms. The number of hydrogen-bond donors (Lipinski definition) is 0. The number of rotatable bonds is 7. The van der Waals surface area contributed by atoms with Gasteiger partial charge in [0.1, 0.15) is 24.4 Å². The summed E-state index contributed by atoms with van der Waals surface area (Å²) >= 11 is 0. The van der Waals surface area contributed by atoms with Gasteiger partial charge in [-0.05, 0) is 72.9 Å². The van der Waals surface area contributed by atoms with Gasteiger partial charge >= 0.3 is 6.01 Å². The van der Waals surface area contributed by atoms with Crippen LogP contribution in [0.15, 0.2) is 42.7 Å². The molecule has 4 fully saturated rings. The van der Waals surface area contributed by atoms with Gasteiger partial charge in [-0.1, -0.05) is 24.8 Å². The summed E-state index contributed by atoms with van der Waals surface area (Å²) in [5.74, 6) is -0.790. The summed E-state index contributed by atoms with van der Waals surface area (Å²) in [4.78, 5) is 27.5. The van der Waals surface area contributed by atoms with E-state index in [1.807, 2.05) is 17.0 Å². The Labute approximate surface area is 265 Å². The molecule has 0 radical (unpaired) electrons. The molecule has 3 saturated heterocycles. The van der Waals surface area contributed by atoms with Crippen LogP contribution in [0.1, 0.15) is 49.1 Å². The lowest BCUT2D eigenvalue weighted by Gasteiger charge is -2.41. The van der Waals surface area contributed by atoms with Crippen molar-refractivity contribution in [2.75, 3.05) is 44.2 Å². The predicted octanol–water partition coefficient (Wildman–Crippen LogP) is 5.46. The normalized spacial score (nSPS) is 28.1. The molecule has 11 heteroatoms. The topological polar surface area (TPSA) is 85.6 Å². The average molecular weight is 629 g/mol. The van der Waals surface area contributed by atoms with Gasteiger partial charge in [0.25, 0.3) is 5.91 Å². The molecule has 1 aromatic heterocycles. The highest BCUT2D eigenvalue weighted by molar-refractivity contribution is 5.94. The molecule has 8 nitrogen and oxygen atoms in total. The van der Waals surface area contributed by atoms with Crippen molar-refractivity contribution in [2.24, 2.45) is 5.92 Å². The lowest BCUT2D eigenvalue weighted by atomic mass is 9.93. The molecule has 0 bridgehead atoms. The molecule has 5 aliphatic rings. The molecule has 2 aromatic carbocycles. The van der Waals surface area contributed by atoms with Crippen LogP contribution in [0, 0.1) is 23.1 Å². The van der Waals surface area contributed by atoms with Crippen molar-refractivity contribution in [3.8, 4) is 23.2 Å². The highest BCUT2D eigenvalue weighted by Crippen LogP contribution is 2.58. The van der Waals surface area contributed by atoms with Gasteiger partial charge in [0.05, 0.1) is 29.6 Å². The van der Waals surface area contributed by atoms with E-state index in [0.29, 0.717) is 47.1 Å². The third-order valence-electron chi connectivity index (χ3n) is 10.8. The fraction of sp³-hybridized carbons (Fsp3) is 0.486. The minimum atomic E-state index is -1.08. The van der Waals surface area contributed by atoms with Crippen LogP contribution in [-0.4, -0.2) is 82.8 Å². The Balaban J connectivity index is 1.19. The lowest BCUT2D eigenvalue weighted by Crippen LogP contribution is -2.55. The number of ether oxygens (including phenoxy) is 1. The van der Waals surface area contributed by atoms with Gasteiger partial charge in [0, 0.05) is 43.5 Å². The zero-order valence-electron chi connectivity index (χ0n) is 25.5. The maximum Gasteiger partial charge on any atom is 0.319 e. The van der Waals surface area contributed by atoms with Crippen molar-refractivity contribution in [1.82, 2.24) is 19.8 Å².